The van der Waals surface area contributed by atoms with Crippen molar-refractivity contribution in [1.29, 1.82) is 0 Å². The zero-order chi connectivity index (χ0) is 8.36. The largest absolute Gasteiger partial charge is 0.379 e. The highest BCUT2D eigenvalue weighted by molar-refractivity contribution is 4.39. The van der Waals surface area contributed by atoms with E-state index < -0.39 is 0 Å². The van der Waals surface area contributed by atoms with Gasteiger partial charge in [0.2, 0.25) is 0 Å². The van der Waals surface area contributed by atoms with E-state index in [0.29, 0.717) is 13.2 Å². The smallest absolute Gasteiger partial charge is 0.0701 e. The monoisotopic (exact) mass is 161 g/mol. The third kappa shape index (κ3) is 9.88. The number of ether oxygens (including phenoxy) is 2. The lowest BCUT2D eigenvalue weighted by molar-refractivity contribution is 0.0541. The van der Waals surface area contributed by atoms with E-state index in [2.05, 4.69) is 12.2 Å². The van der Waals surface area contributed by atoms with E-state index in [4.69, 9.17) is 9.47 Å². The molecule has 0 bridgehead atoms. The summed E-state index contributed by atoms with van der Waals surface area (Å²) in [7, 11) is 0. The maximum absolute atomic E-state index is 5.25. The Hall–Kier alpha value is -0.120. The molecule has 68 valence electrons. The zero-order valence-corrected chi connectivity index (χ0v) is 7.56. The van der Waals surface area contributed by atoms with Crippen LogP contribution in [0, 0.1) is 0 Å². The van der Waals surface area contributed by atoms with Crippen molar-refractivity contribution in [2.24, 2.45) is 0 Å². The lowest BCUT2D eigenvalue weighted by Gasteiger charge is -2.03. The van der Waals surface area contributed by atoms with Crippen molar-refractivity contribution >= 4 is 0 Å². The van der Waals surface area contributed by atoms with Gasteiger partial charge in [-0.15, -0.1) is 0 Å². The average molecular weight is 161 g/mol. The quantitative estimate of drug-likeness (QED) is 0.530. The first-order valence-electron chi connectivity index (χ1n) is 4.28. The van der Waals surface area contributed by atoms with Crippen LogP contribution in [-0.4, -0.2) is 39.5 Å². The molecule has 0 heterocycles. The SMILES string of the molecule is CCNCCOCCOCC. The van der Waals surface area contributed by atoms with Gasteiger partial charge < -0.3 is 14.8 Å². The lowest BCUT2D eigenvalue weighted by atomic mass is 10.6. The zero-order valence-electron chi connectivity index (χ0n) is 7.56. The van der Waals surface area contributed by atoms with Crippen molar-refractivity contribution in [3.8, 4) is 0 Å². The highest BCUT2D eigenvalue weighted by Crippen LogP contribution is 1.76. The van der Waals surface area contributed by atoms with Gasteiger partial charge >= 0.3 is 0 Å². The van der Waals surface area contributed by atoms with E-state index in [1.807, 2.05) is 6.92 Å². The molecule has 0 saturated carbocycles. The topological polar surface area (TPSA) is 30.5 Å². The maximum atomic E-state index is 5.25. The Morgan fingerprint density at radius 3 is 2.36 bits per heavy atom. The van der Waals surface area contributed by atoms with Crippen LogP contribution in [0.1, 0.15) is 13.8 Å². The van der Waals surface area contributed by atoms with Gasteiger partial charge in [-0.1, -0.05) is 6.92 Å². The Kier molecular flexibility index (Phi) is 9.77. The number of hydrogen-bond donors (Lipinski definition) is 1. The van der Waals surface area contributed by atoms with Crippen LogP contribution in [-0.2, 0) is 9.47 Å². The maximum Gasteiger partial charge on any atom is 0.0701 e. The average Bonchev–Trinajstić information content (AvgIpc) is 2.03. The molecule has 0 aliphatic carbocycles. The fourth-order valence-corrected chi connectivity index (χ4v) is 0.685. The fourth-order valence-electron chi connectivity index (χ4n) is 0.685. The highest BCUT2D eigenvalue weighted by atomic mass is 16.5. The number of nitrogens with one attached hydrogen (secondary N) is 1. The van der Waals surface area contributed by atoms with Gasteiger partial charge in [-0.25, -0.2) is 0 Å². The molecule has 3 nitrogen and oxygen atoms in total. The van der Waals surface area contributed by atoms with Gasteiger partial charge in [-0.2, -0.15) is 0 Å². The molecule has 3 heteroatoms. The number of hydrogen-bond acceptors (Lipinski definition) is 3. The first kappa shape index (κ1) is 10.9. The Bertz CT molecular complexity index is 61.1. The summed E-state index contributed by atoms with van der Waals surface area (Å²) in [5, 5.41) is 3.17. The van der Waals surface area contributed by atoms with E-state index in [9.17, 15) is 0 Å². The molecule has 0 spiro atoms. The Morgan fingerprint density at radius 2 is 1.73 bits per heavy atom. The van der Waals surface area contributed by atoms with Crippen molar-refractivity contribution in [3.05, 3.63) is 0 Å². The predicted octanol–water partition coefficient (Wildman–Crippen LogP) is 0.649. The minimum absolute atomic E-state index is 0.708. The summed E-state index contributed by atoms with van der Waals surface area (Å²) < 4.78 is 10.3. The second-order valence-electron chi connectivity index (χ2n) is 2.16. The molecule has 0 aromatic heterocycles. The molecule has 0 aromatic rings. The molecule has 1 N–H and O–H groups in total. The first-order valence-corrected chi connectivity index (χ1v) is 4.28. The summed E-state index contributed by atoms with van der Waals surface area (Å²) in [6, 6.07) is 0. The second-order valence-corrected chi connectivity index (χ2v) is 2.16. The van der Waals surface area contributed by atoms with E-state index in [1.54, 1.807) is 0 Å². The van der Waals surface area contributed by atoms with Crippen LogP contribution in [0.4, 0.5) is 0 Å². The van der Waals surface area contributed by atoms with Crippen molar-refractivity contribution in [2.75, 3.05) is 39.5 Å². The standard InChI is InChI=1S/C8H19NO2/c1-3-9-5-6-11-8-7-10-4-2/h9H,3-8H2,1-2H3. The third-order valence-corrected chi connectivity index (χ3v) is 1.25. The number of rotatable bonds is 8. The predicted molar refractivity (Wildman–Crippen MR) is 45.9 cm³/mol. The minimum Gasteiger partial charge on any atom is -0.379 e. The third-order valence-electron chi connectivity index (χ3n) is 1.25. The van der Waals surface area contributed by atoms with Crippen molar-refractivity contribution in [3.63, 3.8) is 0 Å². The Morgan fingerprint density at radius 1 is 1.00 bits per heavy atom. The van der Waals surface area contributed by atoms with E-state index in [0.717, 1.165) is 26.3 Å². The molecular formula is C8H19NO2. The van der Waals surface area contributed by atoms with Crippen LogP contribution >= 0.6 is 0 Å². The van der Waals surface area contributed by atoms with Gasteiger partial charge in [0.25, 0.3) is 0 Å². The summed E-state index contributed by atoms with van der Waals surface area (Å²) in [6.07, 6.45) is 0. The molecule has 0 fully saturated rings. The first-order chi connectivity index (χ1) is 5.41. The van der Waals surface area contributed by atoms with Gasteiger partial charge in [0.05, 0.1) is 19.8 Å². The molecule has 0 aliphatic heterocycles. The van der Waals surface area contributed by atoms with Crippen molar-refractivity contribution in [1.82, 2.24) is 5.32 Å². The summed E-state index contributed by atoms with van der Waals surface area (Å²) in [4.78, 5) is 0. The van der Waals surface area contributed by atoms with E-state index >= 15 is 0 Å². The van der Waals surface area contributed by atoms with Gasteiger partial charge in [-0.3, -0.25) is 0 Å². The van der Waals surface area contributed by atoms with Crippen LogP contribution in [0.5, 0.6) is 0 Å². The van der Waals surface area contributed by atoms with E-state index in [1.165, 1.54) is 0 Å². The lowest BCUT2D eigenvalue weighted by Crippen LogP contribution is -2.19. The molecule has 0 unspecified atom stereocenters. The second kappa shape index (κ2) is 9.88. The van der Waals surface area contributed by atoms with Crippen LogP contribution in [0.15, 0.2) is 0 Å². The molecule has 0 rings (SSSR count). The minimum atomic E-state index is 0.708. The molecule has 0 aliphatic rings. The van der Waals surface area contributed by atoms with Gasteiger partial charge in [-0.05, 0) is 13.5 Å². The molecule has 0 aromatic carbocycles. The van der Waals surface area contributed by atoms with Crippen LogP contribution in [0.2, 0.25) is 0 Å². The van der Waals surface area contributed by atoms with Gasteiger partial charge in [0, 0.05) is 13.2 Å². The van der Waals surface area contributed by atoms with Crippen LogP contribution < -0.4 is 5.32 Å². The highest BCUT2D eigenvalue weighted by Gasteiger charge is 1.86. The van der Waals surface area contributed by atoms with Gasteiger partial charge in [0.1, 0.15) is 0 Å². The summed E-state index contributed by atoms with van der Waals surface area (Å²) in [6.45, 7) is 8.98. The molecule has 0 radical (unpaired) electrons. The molecule has 0 saturated heterocycles. The Balaban J connectivity index is 2.69. The van der Waals surface area contributed by atoms with Gasteiger partial charge in [0.15, 0.2) is 0 Å². The molecule has 11 heavy (non-hydrogen) atoms. The summed E-state index contributed by atoms with van der Waals surface area (Å²) in [5.41, 5.74) is 0. The van der Waals surface area contributed by atoms with Crippen LogP contribution in [0.25, 0.3) is 0 Å². The number of likely N-dealkylation sites (N-methyl/N-ethyl adjacent to an activating group) is 1. The van der Waals surface area contributed by atoms with Crippen molar-refractivity contribution < 1.29 is 9.47 Å². The Labute approximate surface area is 69.1 Å². The fraction of sp³-hybridized carbons (Fsp3) is 1.00. The molecule has 0 atom stereocenters. The summed E-state index contributed by atoms with van der Waals surface area (Å²) in [5.74, 6) is 0. The molecule has 0 amide bonds. The molecular weight excluding hydrogens is 142 g/mol. The van der Waals surface area contributed by atoms with E-state index in [-0.39, 0.29) is 0 Å². The summed E-state index contributed by atoms with van der Waals surface area (Å²) >= 11 is 0. The van der Waals surface area contributed by atoms with Crippen molar-refractivity contribution in [2.45, 2.75) is 13.8 Å². The van der Waals surface area contributed by atoms with Crippen LogP contribution in [0.3, 0.4) is 0 Å². The normalized spacial score (nSPS) is 10.4.